The normalized spacial score (nSPS) is 11.2. The van der Waals surface area contributed by atoms with Crippen molar-refractivity contribution in [2.24, 2.45) is 0 Å². The molecule has 8 rings (SSSR count). The van der Waals surface area contributed by atoms with E-state index in [-0.39, 0.29) is 67.3 Å². The second-order valence-electron chi connectivity index (χ2n) is 12.5. The Kier molecular flexibility index (Phi) is 18.6. The van der Waals surface area contributed by atoms with E-state index >= 15 is 0 Å². The molecule has 290 valence electrons. The van der Waals surface area contributed by atoms with Crippen LogP contribution in [0.3, 0.4) is 0 Å². The van der Waals surface area contributed by atoms with E-state index in [1.165, 1.54) is 21.5 Å². The van der Waals surface area contributed by atoms with Crippen molar-refractivity contribution in [3.63, 3.8) is 0 Å². The van der Waals surface area contributed by atoms with Gasteiger partial charge in [0.15, 0.2) is 5.82 Å². The van der Waals surface area contributed by atoms with E-state index in [9.17, 15) is 0 Å². The number of hydrogen-bond acceptors (Lipinski definition) is 6. The van der Waals surface area contributed by atoms with Crippen molar-refractivity contribution in [2.45, 2.75) is 61.2 Å². The van der Waals surface area contributed by atoms with Gasteiger partial charge in [0.2, 0.25) is 0 Å². The second kappa shape index (κ2) is 22.0. The van der Waals surface area contributed by atoms with E-state index in [1.807, 2.05) is 68.4 Å². The first-order valence-corrected chi connectivity index (χ1v) is 17.0. The number of aromatic nitrogens is 6. The third kappa shape index (κ3) is 11.7. The molecule has 0 aliphatic heterocycles. The second-order valence-corrected chi connectivity index (χ2v) is 12.5. The van der Waals surface area contributed by atoms with Crippen molar-refractivity contribution in [1.82, 2.24) is 29.5 Å². The van der Waals surface area contributed by atoms with Crippen molar-refractivity contribution in [1.29, 1.82) is 0 Å². The predicted octanol–water partition coefficient (Wildman–Crippen LogP) is 10.00. The number of fused-ring (bicyclic) bond motifs is 2. The molecule has 2 radical (unpaired) electrons. The number of aliphatic hydroxyl groups excluding tert-OH is 2. The maximum atomic E-state index is 8.56. The maximum Gasteiger partial charge on any atom is 0.168 e. The molecule has 8 aromatic rings. The van der Waals surface area contributed by atoms with Gasteiger partial charge in [-0.25, -0.2) is 0 Å². The summed E-state index contributed by atoms with van der Waals surface area (Å²) >= 11 is 0. The van der Waals surface area contributed by atoms with Crippen LogP contribution in [-0.4, -0.2) is 51.9 Å². The van der Waals surface area contributed by atoms with Crippen LogP contribution in [0.4, 0.5) is 0 Å². The van der Waals surface area contributed by atoms with Crippen molar-refractivity contribution in [2.75, 3.05) is 0 Å². The smallest absolute Gasteiger partial charge is 0.168 e. The molecule has 0 saturated heterocycles. The van der Waals surface area contributed by atoms with Gasteiger partial charge in [0, 0.05) is 57.1 Å². The van der Waals surface area contributed by atoms with Crippen LogP contribution in [-0.2, 0) is 40.2 Å². The molecule has 6 aromatic carbocycles. The molecule has 55 heavy (non-hydrogen) atoms. The molecular weight excluding hydrogens is 1040 g/mol. The molecule has 0 aliphatic rings. The van der Waals surface area contributed by atoms with Crippen LogP contribution in [0.25, 0.3) is 55.7 Å². The number of para-hydroxylation sites is 2. The summed E-state index contributed by atoms with van der Waals surface area (Å²) in [6.07, 6.45) is -0.278. The Morgan fingerprint density at radius 2 is 0.964 bits per heavy atom. The summed E-state index contributed by atoms with van der Waals surface area (Å²) in [6, 6.07) is 50.8. The van der Waals surface area contributed by atoms with Crippen LogP contribution >= 0.6 is 0 Å². The van der Waals surface area contributed by atoms with Gasteiger partial charge >= 0.3 is 0 Å². The topological polar surface area (TPSA) is 102 Å². The van der Waals surface area contributed by atoms with Crippen LogP contribution in [0.5, 0.6) is 0 Å². The molecule has 10 heteroatoms. The van der Waals surface area contributed by atoms with Gasteiger partial charge in [-0.1, -0.05) is 117 Å². The molecule has 0 spiro atoms. The molecule has 0 aliphatic carbocycles. The molecule has 2 N–H and O–H groups in total. The minimum atomic E-state index is -0.375. The number of rotatable bonds is 6. The van der Waals surface area contributed by atoms with Gasteiger partial charge < -0.3 is 14.8 Å². The summed E-state index contributed by atoms with van der Waals surface area (Å²) < 4.78 is 4.14. The van der Waals surface area contributed by atoms with Crippen LogP contribution in [0, 0.1) is 19.9 Å². The Bertz CT molecular complexity index is 2180. The molecule has 2 heterocycles. The number of nitrogens with zero attached hydrogens (tertiary/aromatic N) is 6. The van der Waals surface area contributed by atoms with Crippen LogP contribution in [0.1, 0.15) is 46.8 Å². The predicted molar refractivity (Wildman–Crippen MR) is 218 cm³/mol. The van der Waals surface area contributed by atoms with Gasteiger partial charge in [0.1, 0.15) is 11.6 Å². The Morgan fingerprint density at radius 3 is 1.47 bits per heavy atom. The average Bonchev–Trinajstić information content (AvgIpc) is 3.74. The number of hydrogen-bond donors (Lipinski definition) is 2. The van der Waals surface area contributed by atoms with Crippen molar-refractivity contribution < 1.29 is 50.4 Å². The molecule has 0 bridgehead atoms. The first-order chi connectivity index (χ1) is 24.8. The van der Waals surface area contributed by atoms with Crippen molar-refractivity contribution >= 4 is 21.5 Å². The Labute approximate surface area is 352 Å². The Morgan fingerprint density at radius 1 is 0.527 bits per heavy atom. The van der Waals surface area contributed by atoms with E-state index in [4.69, 9.17) is 10.2 Å². The molecule has 0 saturated carbocycles. The van der Waals surface area contributed by atoms with Crippen LogP contribution in [0.2, 0.25) is 0 Å². The number of benzene rings is 6. The fourth-order valence-electron chi connectivity index (χ4n) is 5.94. The summed E-state index contributed by atoms with van der Waals surface area (Å²) in [7, 11) is 0. The fourth-order valence-corrected chi connectivity index (χ4v) is 5.94. The quantitative estimate of drug-likeness (QED) is 0.161. The van der Waals surface area contributed by atoms with Gasteiger partial charge in [-0.05, 0) is 75.2 Å². The molecule has 0 amide bonds. The summed E-state index contributed by atoms with van der Waals surface area (Å²) in [5.74, 6) is 3.43. The molecule has 2 aromatic heterocycles. The monoisotopic (exact) mass is 1090 g/mol. The van der Waals surface area contributed by atoms with Gasteiger partial charge in [-0.3, -0.25) is 4.57 Å². The third-order valence-electron chi connectivity index (χ3n) is 8.29. The zero-order valence-electron chi connectivity index (χ0n) is 29.9. The van der Waals surface area contributed by atoms with Gasteiger partial charge in [-0.2, -0.15) is 5.10 Å². The first-order valence-electron chi connectivity index (χ1n) is 17.0. The minimum absolute atomic E-state index is 0. The zero-order chi connectivity index (χ0) is 35.7. The maximum absolute atomic E-state index is 8.56. The molecule has 2 atom stereocenters. The largest absolute Gasteiger partial charge is 0.393 e. The summed E-state index contributed by atoms with van der Waals surface area (Å²) in [5.41, 5.74) is 4.15. The van der Waals surface area contributed by atoms with Gasteiger partial charge in [0.05, 0.1) is 18.0 Å². The molecule has 0 fully saturated rings. The summed E-state index contributed by atoms with van der Waals surface area (Å²) in [4.78, 5) is 0. The summed E-state index contributed by atoms with van der Waals surface area (Å²) in [6.45, 7) is 7.26. The number of aryl methyl sites for hydroxylation is 2. The Hall–Kier alpha value is -4.66. The van der Waals surface area contributed by atoms with Crippen LogP contribution in [0.15, 0.2) is 140 Å². The van der Waals surface area contributed by atoms with Crippen molar-refractivity contribution in [3.8, 4) is 34.2 Å². The Balaban J connectivity index is 0.000000306. The van der Waals surface area contributed by atoms with E-state index in [2.05, 4.69) is 121 Å². The average molecular weight is 1090 g/mol. The standard InChI is InChI=1S/C19H15N3.C19H14N3.C5H12O2.2CH4.2Ir/c2*1-14-20-21-19(22(14)18-9-3-2-4-10-18)17-12-11-15-7-5-6-8-16(15)13-17;1-4(6)3-5(2)7;;;;/h2-13H,1H3;2-11,13H,1H3;4-7H,3H2,1-2H3;2*1H4;;/q;-1;;;;;. The molecule has 2 unspecified atom stereocenters. The van der Waals surface area contributed by atoms with E-state index < -0.39 is 0 Å². The van der Waals surface area contributed by atoms with Gasteiger partial charge in [-0.15, -0.1) is 44.4 Å². The fraction of sp³-hybridized carbons (Fsp3) is 0.200. The van der Waals surface area contributed by atoms with E-state index in [0.717, 1.165) is 45.8 Å². The van der Waals surface area contributed by atoms with E-state index in [0.29, 0.717) is 6.42 Å². The zero-order valence-corrected chi connectivity index (χ0v) is 34.7. The van der Waals surface area contributed by atoms with Gasteiger partial charge in [0.25, 0.3) is 0 Å². The molecular formula is C45H49Ir2N6O2-. The van der Waals surface area contributed by atoms with Crippen molar-refractivity contribution in [3.05, 3.63) is 157 Å². The third-order valence-corrected chi connectivity index (χ3v) is 8.29. The number of aliphatic hydroxyl groups is 2. The SMILES string of the molecule is C.C.CC(O)CC(C)O.Cc1nnc(-c2[c-]cc3ccccc3c2)n1-c1ccccc1.Cc1nnc(-c2ccc3ccccc3c2)n1-c1ccccc1.[Ir].[Ir]. The van der Waals surface area contributed by atoms with Crippen LogP contribution < -0.4 is 0 Å². The summed E-state index contributed by atoms with van der Waals surface area (Å²) in [5, 5.41) is 39.2. The minimum Gasteiger partial charge on any atom is -0.393 e. The van der Waals surface area contributed by atoms with E-state index in [1.54, 1.807) is 13.8 Å². The first kappa shape index (κ1) is 46.5. The molecule has 8 nitrogen and oxygen atoms in total.